The van der Waals surface area contributed by atoms with Crippen LogP contribution in [0.2, 0.25) is 0 Å². The third-order valence-electron chi connectivity index (χ3n) is 1.92. The average molecular weight is 209 g/mol. The molecule has 0 atom stereocenters. The van der Waals surface area contributed by atoms with Crippen molar-refractivity contribution in [1.82, 2.24) is 5.32 Å². The molecule has 1 rings (SSSR count). The van der Waals surface area contributed by atoms with Gasteiger partial charge in [0.1, 0.15) is 18.1 Å². The van der Waals surface area contributed by atoms with Crippen LogP contribution < -0.4 is 5.32 Å². The molecule has 3 nitrogen and oxygen atoms in total. The smallest absolute Gasteiger partial charge is 0.129 e. The fraction of sp³-hybridized carbons (Fsp3) is 0.500. The number of furan rings is 1. The van der Waals surface area contributed by atoms with E-state index in [2.05, 4.69) is 18.8 Å². The summed E-state index contributed by atoms with van der Waals surface area (Å²) in [5.74, 6) is 1.82. The molecule has 1 N–H and O–H groups in total. The highest BCUT2D eigenvalue weighted by Crippen LogP contribution is 2.08. The normalized spacial score (nSPS) is 10.5. The highest BCUT2D eigenvalue weighted by molar-refractivity contribution is 5.06. The zero-order valence-electron chi connectivity index (χ0n) is 9.29. The summed E-state index contributed by atoms with van der Waals surface area (Å²) in [5.41, 5.74) is 0. The quantitative estimate of drug-likeness (QED) is 0.527. The maximum atomic E-state index is 5.55. The maximum Gasteiger partial charge on any atom is 0.129 e. The van der Waals surface area contributed by atoms with Crippen LogP contribution in [0.15, 0.2) is 29.2 Å². The van der Waals surface area contributed by atoms with Crippen molar-refractivity contribution in [1.29, 1.82) is 0 Å². The maximum absolute atomic E-state index is 5.55. The molecule has 84 valence electrons. The lowest BCUT2D eigenvalue weighted by atomic mass is 10.4. The Hall–Kier alpha value is -1.06. The molecule has 1 heterocycles. The van der Waals surface area contributed by atoms with Gasteiger partial charge < -0.3 is 14.5 Å². The molecular weight excluding hydrogens is 190 g/mol. The van der Waals surface area contributed by atoms with Crippen LogP contribution in [-0.4, -0.2) is 13.2 Å². The van der Waals surface area contributed by atoms with E-state index in [-0.39, 0.29) is 0 Å². The third kappa shape index (κ3) is 4.81. The first-order valence-electron chi connectivity index (χ1n) is 5.33. The SMILES string of the molecule is C=CCOCc1ccc(CNCCC)o1. The van der Waals surface area contributed by atoms with Gasteiger partial charge in [-0.25, -0.2) is 0 Å². The van der Waals surface area contributed by atoms with Crippen molar-refractivity contribution < 1.29 is 9.15 Å². The average Bonchev–Trinajstić information content (AvgIpc) is 2.67. The Balaban J connectivity index is 2.25. The summed E-state index contributed by atoms with van der Waals surface area (Å²) < 4.78 is 10.8. The lowest BCUT2D eigenvalue weighted by molar-refractivity contribution is 0.130. The van der Waals surface area contributed by atoms with Crippen molar-refractivity contribution in [3.63, 3.8) is 0 Å². The molecule has 0 spiro atoms. The fourth-order valence-corrected chi connectivity index (χ4v) is 1.23. The van der Waals surface area contributed by atoms with Gasteiger partial charge >= 0.3 is 0 Å². The molecule has 1 aromatic rings. The molecule has 15 heavy (non-hydrogen) atoms. The van der Waals surface area contributed by atoms with E-state index in [0.29, 0.717) is 13.2 Å². The summed E-state index contributed by atoms with van der Waals surface area (Å²) >= 11 is 0. The highest BCUT2D eigenvalue weighted by atomic mass is 16.5. The summed E-state index contributed by atoms with van der Waals surface area (Å²) in [6.07, 6.45) is 2.86. The van der Waals surface area contributed by atoms with Crippen molar-refractivity contribution in [3.8, 4) is 0 Å². The lowest BCUT2D eigenvalue weighted by Crippen LogP contribution is -2.13. The van der Waals surface area contributed by atoms with Crippen LogP contribution in [0.4, 0.5) is 0 Å². The van der Waals surface area contributed by atoms with Gasteiger partial charge in [0.05, 0.1) is 13.2 Å². The van der Waals surface area contributed by atoms with E-state index in [4.69, 9.17) is 9.15 Å². The van der Waals surface area contributed by atoms with Crippen molar-refractivity contribution in [2.45, 2.75) is 26.5 Å². The van der Waals surface area contributed by atoms with Crippen LogP contribution in [0, 0.1) is 0 Å². The molecule has 3 heteroatoms. The molecule has 1 aromatic heterocycles. The minimum absolute atomic E-state index is 0.514. The van der Waals surface area contributed by atoms with E-state index < -0.39 is 0 Å². The van der Waals surface area contributed by atoms with Crippen LogP contribution in [0.25, 0.3) is 0 Å². The summed E-state index contributed by atoms with van der Waals surface area (Å²) in [6.45, 7) is 8.60. The van der Waals surface area contributed by atoms with Crippen LogP contribution >= 0.6 is 0 Å². The predicted molar refractivity (Wildman–Crippen MR) is 60.6 cm³/mol. The lowest BCUT2D eigenvalue weighted by Gasteiger charge is -1.99. The second-order valence-electron chi connectivity index (χ2n) is 3.35. The van der Waals surface area contributed by atoms with Crippen LogP contribution in [-0.2, 0) is 17.9 Å². The largest absolute Gasteiger partial charge is 0.462 e. The van der Waals surface area contributed by atoms with E-state index >= 15 is 0 Å². The van der Waals surface area contributed by atoms with Gasteiger partial charge in [0, 0.05) is 0 Å². The molecule has 0 aliphatic carbocycles. The zero-order chi connectivity index (χ0) is 10.9. The first-order valence-corrected chi connectivity index (χ1v) is 5.33. The first kappa shape index (κ1) is 12.0. The van der Waals surface area contributed by atoms with Crippen molar-refractivity contribution in [2.24, 2.45) is 0 Å². The summed E-state index contributed by atoms with van der Waals surface area (Å²) in [6, 6.07) is 3.93. The molecule has 0 aromatic carbocycles. The second kappa shape index (κ2) is 7.26. The molecule has 0 saturated heterocycles. The van der Waals surface area contributed by atoms with Crippen LogP contribution in [0.5, 0.6) is 0 Å². The molecule has 0 saturated carbocycles. The Morgan fingerprint density at radius 3 is 3.00 bits per heavy atom. The zero-order valence-corrected chi connectivity index (χ0v) is 9.29. The predicted octanol–water partition coefficient (Wildman–Crippen LogP) is 2.48. The number of hydrogen-bond acceptors (Lipinski definition) is 3. The van der Waals surface area contributed by atoms with Gasteiger partial charge in [0.2, 0.25) is 0 Å². The monoisotopic (exact) mass is 209 g/mol. The van der Waals surface area contributed by atoms with E-state index in [1.54, 1.807) is 6.08 Å². The highest BCUT2D eigenvalue weighted by Gasteiger charge is 2.00. The third-order valence-corrected chi connectivity index (χ3v) is 1.92. The summed E-state index contributed by atoms with van der Waals surface area (Å²) in [5, 5.41) is 3.28. The van der Waals surface area contributed by atoms with Gasteiger partial charge in [-0.2, -0.15) is 0 Å². The van der Waals surface area contributed by atoms with E-state index in [1.165, 1.54) is 0 Å². The minimum atomic E-state index is 0.514. The molecule has 0 fully saturated rings. The van der Waals surface area contributed by atoms with Crippen molar-refractivity contribution >= 4 is 0 Å². The summed E-state index contributed by atoms with van der Waals surface area (Å²) in [4.78, 5) is 0. The van der Waals surface area contributed by atoms with Gasteiger partial charge in [0.15, 0.2) is 0 Å². The number of rotatable bonds is 8. The Kier molecular flexibility index (Phi) is 5.81. The molecule has 0 unspecified atom stereocenters. The number of hydrogen-bond donors (Lipinski definition) is 1. The van der Waals surface area contributed by atoms with E-state index in [9.17, 15) is 0 Å². The summed E-state index contributed by atoms with van der Waals surface area (Å²) in [7, 11) is 0. The Labute approximate surface area is 91.1 Å². The van der Waals surface area contributed by atoms with Crippen LogP contribution in [0.3, 0.4) is 0 Å². The molecule has 0 amide bonds. The van der Waals surface area contributed by atoms with Gasteiger partial charge in [0.25, 0.3) is 0 Å². The molecule has 0 bridgehead atoms. The Morgan fingerprint density at radius 2 is 2.27 bits per heavy atom. The van der Waals surface area contributed by atoms with Crippen molar-refractivity contribution in [3.05, 3.63) is 36.3 Å². The molecule has 0 aliphatic rings. The second-order valence-corrected chi connectivity index (χ2v) is 3.35. The van der Waals surface area contributed by atoms with Gasteiger partial charge in [-0.3, -0.25) is 0 Å². The molecular formula is C12H19NO2. The van der Waals surface area contributed by atoms with Gasteiger partial charge in [-0.05, 0) is 25.1 Å². The van der Waals surface area contributed by atoms with Crippen LogP contribution in [0.1, 0.15) is 24.9 Å². The minimum Gasteiger partial charge on any atom is -0.462 e. The van der Waals surface area contributed by atoms with Crippen molar-refractivity contribution in [2.75, 3.05) is 13.2 Å². The number of ether oxygens (including phenoxy) is 1. The first-order chi connectivity index (χ1) is 7.36. The van der Waals surface area contributed by atoms with E-state index in [1.807, 2.05) is 12.1 Å². The molecule has 0 aliphatic heterocycles. The van der Waals surface area contributed by atoms with E-state index in [0.717, 1.165) is 31.0 Å². The Bertz CT molecular complexity index is 281. The molecule has 0 radical (unpaired) electrons. The fourth-order valence-electron chi connectivity index (χ4n) is 1.23. The Morgan fingerprint density at radius 1 is 1.47 bits per heavy atom. The number of nitrogens with one attached hydrogen (secondary N) is 1. The van der Waals surface area contributed by atoms with Gasteiger partial charge in [-0.15, -0.1) is 6.58 Å². The standard InChI is InChI=1S/C12H19NO2/c1-3-7-13-9-11-5-6-12(15-11)10-14-8-4-2/h4-6,13H,2-3,7-10H2,1H3. The van der Waals surface area contributed by atoms with Gasteiger partial charge in [-0.1, -0.05) is 13.0 Å². The topological polar surface area (TPSA) is 34.4 Å².